The molecule has 0 saturated heterocycles. The molecule has 0 radical (unpaired) electrons. The molecule has 0 aliphatic rings. The van der Waals surface area contributed by atoms with Gasteiger partial charge in [-0.3, -0.25) is 0 Å². The van der Waals surface area contributed by atoms with Crippen LogP contribution in [0.4, 0.5) is 0 Å². The number of likely N-dealkylation sites (N-methyl/N-ethyl adjacent to an activating group) is 1. The van der Waals surface area contributed by atoms with E-state index in [0.717, 1.165) is 31.1 Å². The Morgan fingerprint density at radius 3 is 2.56 bits per heavy atom. The van der Waals surface area contributed by atoms with E-state index < -0.39 is 0 Å². The van der Waals surface area contributed by atoms with E-state index in [-0.39, 0.29) is 0 Å². The van der Waals surface area contributed by atoms with Gasteiger partial charge in [0.15, 0.2) is 0 Å². The Morgan fingerprint density at radius 1 is 1.33 bits per heavy atom. The number of halogens is 1. The van der Waals surface area contributed by atoms with Crippen LogP contribution in [0.2, 0.25) is 0 Å². The van der Waals surface area contributed by atoms with Crippen molar-refractivity contribution in [2.24, 2.45) is 5.92 Å². The zero-order valence-electron chi connectivity index (χ0n) is 11.8. The molecule has 18 heavy (non-hydrogen) atoms. The normalized spacial score (nSPS) is 11.7. The van der Waals surface area contributed by atoms with Crippen molar-refractivity contribution in [3.63, 3.8) is 0 Å². The monoisotopic (exact) mass is 288 g/mol. The summed E-state index contributed by atoms with van der Waals surface area (Å²) < 4.78 is 0. The summed E-state index contributed by atoms with van der Waals surface area (Å²) in [5, 5.41) is 3.29. The van der Waals surface area contributed by atoms with Crippen LogP contribution in [-0.4, -0.2) is 29.5 Å². The van der Waals surface area contributed by atoms with Gasteiger partial charge in [-0.2, -0.15) is 0 Å². The number of thiazole rings is 1. The Balaban J connectivity index is 2.38. The smallest absolute Gasteiger partial charge is 0.0941 e. The van der Waals surface area contributed by atoms with Gasteiger partial charge in [0.25, 0.3) is 0 Å². The number of hydrogen-bond acceptors (Lipinski definition) is 3. The van der Waals surface area contributed by atoms with Gasteiger partial charge in [0.1, 0.15) is 0 Å². The van der Waals surface area contributed by atoms with Crippen molar-refractivity contribution < 1.29 is 0 Å². The first-order chi connectivity index (χ1) is 8.73. The van der Waals surface area contributed by atoms with Gasteiger partial charge in [-0.15, -0.1) is 22.9 Å². The molecule has 1 aromatic rings. The first-order valence-corrected chi connectivity index (χ1v) is 8.36. The van der Waals surface area contributed by atoms with Crippen molar-refractivity contribution in [3.05, 3.63) is 16.1 Å². The van der Waals surface area contributed by atoms with Crippen molar-refractivity contribution >= 4 is 22.9 Å². The molecule has 0 bridgehead atoms. The molecule has 0 aliphatic heterocycles. The fraction of sp³-hybridized carbons (Fsp3) is 0.786. The molecule has 0 N–H and O–H groups in total. The Bertz CT molecular complexity index is 323. The molecule has 0 spiro atoms. The van der Waals surface area contributed by atoms with Crippen LogP contribution in [-0.2, 0) is 12.3 Å². The fourth-order valence-electron chi connectivity index (χ4n) is 2.07. The molecular formula is C14H25ClN2S. The second-order valence-corrected chi connectivity index (χ2v) is 5.90. The average Bonchev–Trinajstić information content (AvgIpc) is 2.87. The molecule has 0 aliphatic carbocycles. The van der Waals surface area contributed by atoms with E-state index in [2.05, 4.69) is 36.0 Å². The summed E-state index contributed by atoms with van der Waals surface area (Å²) in [7, 11) is 0. The fourth-order valence-corrected chi connectivity index (χ4v) is 3.09. The van der Waals surface area contributed by atoms with Gasteiger partial charge in [0.2, 0.25) is 0 Å². The summed E-state index contributed by atoms with van der Waals surface area (Å²) in [6, 6.07) is 0. The molecule has 0 atom stereocenters. The highest BCUT2D eigenvalue weighted by Crippen LogP contribution is 2.14. The lowest BCUT2D eigenvalue weighted by molar-refractivity contribution is 0.236. The molecule has 1 heterocycles. The van der Waals surface area contributed by atoms with Crippen molar-refractivity contribution in [2.45, 2.75) is 45.9 Å². The summed E-state index contributed by atoms with van der Waals surface area (Å²) in [6.07, 6.45) is 3.61. The van der Waals surface area contributed by atoms with Crippen molar-refractivity contribution in [2.75, 3.05) is 19.6 Å². The quantitative estimate of drug-likeness (QED) is 0.634. The highest BCUT2D eigenvalue weighted by Gasteiger charge is 2.10. The lowest BCUT2D eigenvalue weighted by Gasteiger charge is -2.24. The maximum atomic E-state index is 5.77. The molecule has 0 amide bonds. The Hall–Kier alpha value is -0.120. The molecular weight excluding hydrogens is 264 g/mol. The lowest BCUT2D eigenvalue weighted by atomic mass is 10.0. The van der Waals surface area contributed by atoms with E-state index in [1.54, 1.807) is 11.3 Å². The van der Waals surface area contributed by atoms with Crippen molar-refractivity contribution in [1.82, 2.24) is 9.88 Å². The largest absolute Gasteiger partial charge is 0.303 e. The van der Waals surface area contributed by atoms with Gasteiger partial charge < -0.3 is 4.90 Å². The van der Waals surface area contributed by atoms with Crippen LogP contribution in [0.3, 0.4) is 0 Å². The third kappa shape index (κ3) is 5.25. The summed E-state index contributed by atoms with van der Waals surface area (Å²) in [6.45, 7) is 10.3. The number of alkyl halides is 1. The standard InChI is InChI=1S/C14H25ClN2S/c1-4-12(5-2)10-17(6-3)8-7-14-16-13(9-15)11-18-14/h11-12H,4-10H2,1-3H3. The summed E-state index contributed by atoms with van der Waals surface area (Å²) in [4.78, 5) is 7.06. The minimum atomic E-state index is 0.529. The molecule has 4 heteroatoms. The van der Waals surface area contributed by atoms with E-state index in [1.165, 1.54) is 24.4 Å². The Labute approximate surface area is 120 Å². The van der Waals surface area contributed by atoms with Gasteiger partial charge in [-0.1, -0.05) is 33.6 Å². The van der Waals surface area contributed by atoms with Crippen LogP contribution in [0.1, 0.15) is 44.3 Å². The Kier molecular flexibility index (Phi) is 7.87. The maximum Gasteiger partial charge on any atom is 0.0941 e. The van der Waals surface area contributed by atoms with Gasteiger partial charge >= 0.3 is 0 Å². The molecule has 104 valence electrons. The van der Waals surface area contributed by atoms with Crippen LogP contribution in [0.15, 0.2) is 5.38 Å². The molecule has 0 saturated carbocycles. The first-order valence-electron chi connectivity index (χ1n) is 6.94. The zero-order valence-corrected chi connectivity index (χ0v) is 13.4. The Morgan fingerprint density at radius 2 is 2.06 bits per heavy atom. The van der Waals surface area contributed by atoms with E-state index >= 15 is 0 Å². The predicted molar refractivity (Wildman–Crippen MR) is 81.6 cm³/mol. The average molecular weight is 289 g/mol. The number of rotatable bonds is 9. The molecule has 0 unspecified atom stereocenters. The van der Waals surface area contributed by atoms with Gasteiger partial charge in [-0.05, 0) is 12.5 Å². The minimum Gasteiger partial charge on any atom is -0.303 e. The molecule has 1 aromatic heterocycles. The third-order valence-corrected chi connectivity index (χ3v) is 4.73. The van der Waals surface area contributed by atoms with Crippen LogP contribution in [0, 0.1) is 5.92 Å². The first kappa shape index (κ1) is 15.9. The molecule has 1 rings (SSSR count). The summed E-state index contributed by atoms with van der Waals surface area (Å²) in [5.74, 6) is 1.36. The number of aromatic nitrogens is 1. The van der Waals surface area contributed by atoms with E-state index in [9.17, 15) is 0 Å². The lowest BCUT2D eigenvalue weighted by Crippen LogP contribution is -2.31. The van der Waals surface area contributed by atoms with E-state index in [0.29, 0.717) is 5.88 Å². The second-order valence-electron chi connectivity index (χ2n) is 4.69. The SMILES string of the molecule is CCC(CC)CN(CC)CCc1nc(CCl)cs1. The van der Waals surface area contributed by atoms with Gasteiger partial charge in [-0.25, -0.2) is 4.98 Å². The summed E-state index contributed by atoms with van der Waals surface area (Å²) >= 11 is 7.51. The van der Waals surface area contributed by atoms with Crippen molar-refractivity contribution in [3.8, 4) is 0 Å². The zero-order chi connectivity index (χ0) is 13.4. The number of nitrogens with zero attached hydrogens (tertiary/aromatic N) is 2. The predicted octanol–water partition coefficient (Wildman–Crippen LogP) is 4.18. The van der Waals surface area contributed by atoms with Crippen LogP contribution in [0.25, 0.3) is 0 Å². The van der Waals surface area contributed by atoms with E-state index in [4.69, 9.17) is 11.6 Å². The number of hydrogen-bond donors (Lipinski definition) is 0. The van der Waals surface area contributed by atoms with Crippen LogP contribution in [0.5, 0.6) is 0 Å². The van der Waals surface area contributed by atoms with Crippen LogP contribution >= 0.6 is 22.9 Å². The minimum absolute atomic E-state index is 0.529. The molecule has 0 fully saturated rings. The topological polar surface area (TPSA) is 16.1 Å². The highest BCUT2D eigenvalue weighted by atomic mass is 35.5. The molecule has 0 aromatic carbocycles. The molecule has 2 nitrogen and oxygen atoms in total. The maximum absolute atomic E-state index is 5.77. The van der Waals surface area contributed by atoms with Gasteiger partial charge in [0.05, 0.1) is 16.6 Å². The third-order valence-electron chi connectivity index (χ3n) is 3.50. The van der Waals surface area contributed by atoms with Crippen LogP contribution < -0.4 is 0 Å². The van der Waals surface area contributed by atoms with Crippen molar-refractivity contribution in [1.29, 1.82) is 0 Å². The summed E-state index contributed by atoms with van der Waals surface area (Å²) in [5.41, 5.74) is 1.01. The van der Waals surface area contributed by atoms with Gasteiger partial charge in [0, 0.05) is 24.9 Å². The second kappa shape index (κ2) is 8.89. The highest BCUT2D eigenvalue weighted by molar-refractivity contribution is 7.09. The van der Waals surface area contributed by atoms with E-state index in [1.807, 2.05) is 0 Å².